The summed E-state index contributed by atoms with van der Waals surface area (Å²) in [4.78, 5) is 24.9. The van der Waals surface area contributed by atoms with Crippen LogP contribution in [0.1, 0.15) is 12.0 Å². The summed E-state index contributed by atoms with van der Waals surface area (Å²) in [5.74, 6) is -1.17. The summed E-state index contributed by atoms with van der Waals surface area (Å²) in [7, 11) is 0. The van der Waals surface area contributed by atoms with Crippen LogP contribution in [0.3, 0.4) is 0 Å². The Balaban J connectivity index is 1.93. The van der Waals surface area contributed by atoms with E-state index in [0.717, 1.165) is 14.8 Å². The van der Waals surface area contributed by atoms with Gasteiger partial charge in [0.1, 0.15) is 5.54 Å². The minimum atomic E-state index is -1.24. The Labute approximate surface area is 136 Å². The van der Waals surface area contributed by atoms with Gasteiger partial charge >= 0.3 is 5.97 Å². The molecule has 1 heterocycles. The average Bonchev–Trinajstić information content (AvgIpc) is 2.76. The normalized spacial score (nSPS) is 22.2. The molecule has 0 aliphatic carbocycles. The lowest BCUT2D eigenvalue weighted by Crippen LogP contribution is -2.50. The van der Waals surface area contributed by atoms with E-state index >= 15 is 0 Å². The number of carbonyl (C=O) groups is 2. The SMILES string of the molecule is Cc1cc(I)ccc1NC(=O)CN1CCC(N)(C(=O)O)C1. The van der Waals surface area contributed by atoms with Crippen LogP contribution in [-0.2, 0) is 9.59 Å². The van der Waals surface area contributed by atoms with Gasteiger partial charge in [0.05, 0.1) is 6.54 Å². The van der Waals surface area contributed by atoms with E-state index in [1.165, 1.54) is 0 Å². The molecular weight excluding hydrogens is 385 g/mol. The molecule has 7 heteroatoms. The highest BCUT2D eigenvalue weighted by Gasteiger charge is 2.41. The molecule has 1 atom stereocenters. The number of halogens is 1. The third kappa shape index (κ3) is 3.92. The lowest BCUT2D eigenvalue weighted by molar-refractivity contribution is -0.143. The fourth-order valence-corrected chi connectivity index (χ4v) is 3.03. The number of hydrogen-bond acceptors (Lipinski definition) is 4. The molecule has 0 spiro atoms. The van der Waals surface area contributed by atoms with Crippen LogP contribution in [-0.4, -0.2) is 47.1 Å². The van der Waals surface area contributed by atoms with E-state index in [-0.39, 0.29) is 19.0 Å². The molecule has 1 saturated heterocycles. The number of amides is 1. The van der Waals surface area contributed by atoms with Gasteiger partial charge in [0, 0.05) is 22.3 Å². The summed E-state index contributed by atoms with van der Waals surface area (Å²) in [6.45, 7) is 2.80. The second-order valence-electron chi connectivity index (χ2n) is 5.43. The zero-order chi connectivity index (χ0) is 15.6. The van der Waals surface area contributed by atoms with Crippen LogP contribution >= 0.6 is 22.6 Å². The number of benzene rings is 1. The fraction of sp³-hybridized carbons (Fsp3) is 0.429. The lowest BCUT2D eigenvalue weighted by atomic mass is 10.0. The lowest BCUT2D eigenvalue weighted by Gasteiger charge is -2.19. The summed E-state index contributed by atoms with van der Waals surface area (Å²) in [6.07, 6.45) is 0.359. The molecule has 1 amide bonds. The Hall–Kier alpha value is -1.19. The molecule has 0 aromatic heterocycles. The Bertz CT molecular complexity index is 579. The molecule has 114 valence electrons. The van der Waals surface area contributed by atoms with Crippen LogP contribution in [0.15, 0.2) is 18.2 Å². The number of likely N-dealkylation sites (tertiary alicyclic amines) is 1. The first-order valence-corrected chi connectivity index (χ1v) is 7.69. The van der Waals surface area contributed by atoms with Crippen molar-refractivity contribution in [3.63, 3.8) is 0 Å². The van der Waals surface area contributed by atoms with Crippen molar-refractivity contribution in [2.24, 2.45) is 5.73 Å². The zero-order valence-electron chi connectivity index (χ0n) is 11.7. The molecular formula is C14H18IN3O3. The molecule has 0 saturated carbocycles. The van der Waals surface area contributed by atoms with Gasteiger partial charge in [-0.05, 0) is 59.7 Å². The molecule has 4 N–H and O–H groups in total. The van der Waals surface area contributed by atoms with E-state index in [2.05, 4.69) is 27.9 Å². The maximum absolute atomic E-state index is 12.0. The van der Waals surface area contributed by atoms with Gasteiger partial charge in [0.2, 0.25) is 5.91 Å². The van der Waals surface area contributed by atoms with Gasteiger partial charge in [0.25, 0.3) is 0 Å². The topological polar surface area (TPSA) is 95.7 Å². The molecule has 1 aliphatic rings. The van der Waals surface area contributed by atoms with E-state index in [1.807, 2.05) is 25.1 Å². The van der Waals surface area contributed by atoms with E-state index in [9.17, 15) is 9.59 Å². The van der Waals surface area contributed by atoms with Crippen LogP contribution < -0.4 is 11.1 Å². The van der Waals surface area contributed by atoms with Gasteiger partial charge < -0.3 is 16.2 Å². The molecule has 1 aromatic carbocycles. The number of aliphatic carboxylic acids is 1. The molecule has 0 bridgehead atoms. The molecule has 1 aromatic rings. The standard InChI is InChI=1S/C14H18IN3O3/c1-9-6-10(15)2-3-11(9)17-12(19)7-18-5-4-14(16,8-18)13(20)21/h2-3,6H,4-5,7-8,16H2,1H3,(H,17,19)(H,20,21). The Kier molecular flexibility index (Phi) is 4.84. The van der Waals surface area contributed by atoms with E-state index in [1.54, 1.807) is 4.90 Å². The maximum atomic E-state index is 12.0. The van der Waals surface area contributed by atoms with Crippen molar-refractivity contribution in [3.05, 3.63) is 27.3 Å². The van der Waals surface area contributed by atoms with Crippen LogP contribution in [0.2, 0.25) is 0 Å². The average molecular weight is 403 g/mol. The van der Waals surface area contributed by atoms with Crippen LogP contribution in [0, 0.1) is 10.5 Å². The fourth-order valence-electron chi connectivity index (χ4n) is 2.38. The molecule has 21 heavy (non-hydrogen) atoms. The van der Waals surface area contributed by atoms with Gasteiger partial charge in [-0.2, -0.15) is 0 Å². The van der Waals surface area contributed by atoms with Gasteiger partial charge in [0.15, 0.2) is 0 Å². The zero-order valence-corrected chi connectivity index (χ0v) is 13.9. The smallest absolute Gasteiger partial charge is 0.325 e. The number of nitrogens with one attached hydrogen (secondary N) is 1. The number of carboxylic acids is 1. The minimum absolute atomic E-state index is 0.150. The second kappa shape index (κ2) is 6.29. The number of nitrogens with two attached hydrogens (primary N) is 1. The van der Waals surface area contributed by atoms with Crippen molar-refractivity contribution in [1.82, 2.24) is 4.90 Å². The predicted octanol–water partition coefficient (Wildman–Crippen LogP) is 1.03. The Morgan fingerprint density at radius 2 is 2.24 bits per heavy atom. The van der Waals surface area contributed by atoms with Crippen molar-refractivity contribution >= 4 is 40.2 Å². The van der Waals surface area contributed by atoms with Gasteiger partial charge in [-0.3, -0.25) is 14.5 Å². The van der Waals surface area contributed by atoms with Gasteiger partial charge in [-0.1, -0.05) is 0 Å². The third-order valence-corrected chi connectivity index (χ3v) is 4.31. The molecule has 1 unspecified atom stereocenters. The number of rotatable bonds is 4. The van der Waals surface area contributed by atoms with Crippen molar-refractivity contribution in [1.29, 1.82) is 0 Å². The van der Waals surface area contributed by atoms with Crippen LogP contribution in [0.5, 0.6) is 0 Å². The second-order valence-corrected chi connectivity index (χ2v) is 6.67. The van der Waals surface area contributed by atoms with Crippen molar-refractivity contribution in [3.8, 4) is 0 Å². The summed E-state index contributed by atoms with van der Waals surface area (Å²) in [5, 5.41) is 11.9. The first-order valence-electron chi connectivity index (χ1n) is 6.61. The number of hydrogen-bond donors (Lipinski definition) is 3. The van der Waals surface area contributed by atoms with Crippen molar-refractivity contribution in [2.75, 3.05) is 25.0 Å². The van der Waals surface area contributed by atoms with Crippen molar-refractivity contribution in [2.45, 2.75) is 18.9 Å². The van der Waals surface area contributed by atoms with Gasteiger partial charge in [-0.25, -0.2) is 0 Å². The maximum Gasteiger partial charge on any atom is 0.325 e. The quantitative estimate of drug-likeness (QED) is 0.653. The number of anilines is 1. The first kappa shape index (κ1) is 16.2. The molecule has 0 radical (unpaired) electrons. The molecule has 1 aliphatic heterocycles. The monoisotopic (exact) mass is 403 g/mol. The summed E-state index contributed by atoms with van der Waals surface area (Å²) >= 11 is 2.22. The molecule has 1 fully saturated rings. The predicted molar refractivity (Wildman–Crippen MR) is 88.1 cm³/mol. The third-order valence-electron chi connectivity index (χ3n) is 3.64. The first-order chi connectivity index (χ1) is 9.80. The minimum Gasteiger partial charge on any atom is -0.480 e. The highest BCUT2D eigenvalue weighted by Crippen LogP contribution is 2.20. The van der Waals surface area contributed by atoms with Crippen LogP contribution in [0.4, 0.5) is 5.69 Å². The largest absolute Gasteiger partial charge is 0.480 e. The summed E-state index contributed by atoms with van der Waals surface area (Å²) in [5.41, 5.74) is 6.32. The van der Waals surface area contributed by atoms with Crippen LogP contribution in [0.25, 0.3) is 0 Å². The molecule has 2 rings (SSSR count). The highest BCUT2D eigenvalue weighted by molar-refractivity contribution is 14.1. The van der Waals surface area contributed by atoms with E-state index in [4.69, 9.17) is 10.8 Å². The Morgan fingerprint density at radius 1 is 1.52 bits per heavy atom. The number of carboxylic acid groups (broad SMARTS) is 1. The van der Waals surface area contributed by atoms with Crippen molar-refractivity contribution < 1.29 is 14.7 Å². The number of aryl methyl sites for hydroxylation is 1. The highest BCUT2D eigenvalue weighted by atomic mass is 127. The number of carbonyl (C=O) groups excluding carboxylic acids is 1. The summed E-state index contributed by atoms with van der Waals surface area (Å²) in [6, 6.07) is 5.78. The van der Waals surface area contributed by atoms with E-state index < -0.39 is 11.5 Å². The Morgan fingerprint density at radius 3 is 2.81 bits per heavy atom. The van der Waals surface area contributed by atoms with E-state index in [0.29, 0.717) is 13.0 Å². The molecule has 6 nitrogen and oxygen atoms in total. The summed E-state index contributed by atoms with van der Waals surface area (Å²) < 4.78 is 1.11. The number of nitrogens with zero attached hydrogens (tertiary/aromatic N) is 1. The van der Waals surface area contributed by atoms with Gasteiger partial charge in [-0.15, -0.1) is 0 Å².